The van der Waals surface area contributed by atoms with Gasteiger partial charge in [0.2, 0.25) is 15.9 Å². The first kappa shape index (κ1) is 29.8. The van der Waals surface area contributed by atoms with Crippen molar-refractivity contribution in [1.82, 2.24) is 9.21 Å². The smallest absolute Gasteiger partial charge is 0.387 e. The van der Waals surface area contributed by atoms with E-state index in [9.17, 15) is 30.8 Å². The van der Waals surface area contributed by atoms with E-state index in [1.165, 1.54) is 22.5 Å². The lowest BCUT2D eigenvalue weighted by atomic mass is 9.74. The Morgan fingerprint density at radius 1 is 1.06 bits per heavy atom. The molecule has 1 aromatic carbocycles. The van der Waals surface area contributed by atoms with Crippen LogP contribution in [0.4, 0.5) is 17.6 Å². The van der Waals surface area contributed by atoms with Gasteiger partial charge in [0.05, 0.1) is 11.3 Å². The van der Waals surface area contributed by atoms with Crippen LogP contribution < -0.4 is 4.74 Å². The lowest BCUT2D eigenvalue weighted by Crippen LogP contribution is -2.60. The van der Waals surface area contributed by atoms with Crippen LogP contribution in [0.1, 0.15) is 62.2 Å². The summed E-state index contributed by atoms with van der Waals surface area (Å²) in [6.07, 6.45) is 0.548. The van der Waals surface area contributed by atoms with Gasteiger partial charge in [-0.05, 0) is 37.8 Å². The number of carbonyl (C=O) groups is 1. The number of piperazine rings is 1. The highest BCUT2D eigenvalue weighted by atomic mass is 35.5. The highest BCUT2D eigenvalue weighted by Crippen LogP contribution is 2.44. The van der Waals surface area contributed by atoms with E-state index in [2.05, 4.69) is 9.64 Å². The number of nitrogens with zero attached hydrogens (tertiary/aromatic N) is 2. The zero-order chi connectivity index (χ0) is 25.0. The number of alkyl halides is 4. The molecule has 6 nitrogen and oxygen atoms in total. The van der Waals surface area contributed by atoms with E-state index < -0.39 is 33.9 Å². The summed E-state index contributed by atoms with van der Waals surface area (Å²) in [5.41, 5.74) is -0.634. The number of Topliss-reactive ketones (excluding diaryl/α,β-unsaturated/α-hetero) is 1. The molecule has 0 atom stereocenters. The number of benzene rings is 1. The minimum atomic E-state index is -3.35. The van der Waals surface area contributed by atoms with Gasteiger partial charge in [0, 0.05) is 51.0 Å². The van der Waals surface area contributed by atoms with Crippen molar-refractivity contribution < 1.29 is 35.5 Å². The van der Waals surface area contributed by atoms with Gasteiger partial charge >= 0.3 is 6.61 Å². The Kier molecular flexibility index (Phi) is 10.4. The fourth-order valence-electron chi connectivity index (χ4n) is 5.01. The second-order valence-corrected chi connectivity index (χ2v) is 11.2. The van der Waals surface area contributed by atoms with Crippen LogP contribution in [0.3, 0.4) is 0 Å². The maximum absolute atomic E-state index is 14.0. The molecule has 1 heterocycles. The minimum absolute atomic E-state index is 0. The molecular formula is C23H33ClF4N2O4S. The number of halogens is 5. The molecule has 1 aliphatic carbocycles. The van der Waals surface area contributed by atoms with E-state index in [4.69, 9.17) is 0 Å². The van der Waals surface area contributed by atoms with Gasteiger partial charge in [-0.15, -0.1) is 12.4 Å². The quantitative estimate of drug-likeness (QED) is 0.307. The molecule has 1 aliphatic heterocycles. The maximum Gasteiger partial charge on any atom is 0.387 e. The van der Waals surface area contributed by atoms with Crippen LogP contribution in [-0.2, 0) is 10.0 Å². The number of hydrogen-bond donors (Lipinski definition) is 0. The molecule has 1 aromatic rings. The maximum atomic E-state index is 14.0. The molecule has 0 spiro atoms. The Morgan fingerprint density at radius 2 is 1.66 bits per heavy atom. The van der Waals surface area contributed by atoms with Crippen LogP contribution in [0.5, 0.6) is 5.75 Å². The minimum Gasteiger partial charge on any atom is -0.434 e. The first-order valence-electron chi connectivity index (χ1n) is 11.7. The van der Waals surface area contributed by atoms with Crippen molar-refractivity contribution in [3.8, 4) is 5.75 Å². The SMILES string of the molecule is CCCS(=O)(=O)N1CCN(C2(CCC(=O)c3ccccc3OC(F)F)CCC(F)(F)CC2)CC1.Cl. The predicted molar refractivity (Wildman–Crippen MR) is 127 cm³/mol. The predicted octanol–water partition coefficient (Wildman–Crippen LogP) is 4.98. The average molecular weight is 545 g/mol. The summed E-state index contributed by atoms with van der Waals surface area (Å²) in [7, 11) is -3.35. The molecule has 0 radical (unpaired) electrons. The molecule has 200 valence electrons. The van der Waals surface area contributed by atoms with E-state index in [-0.39, 0.29) is 81.1 Å². The van der Waals surface area contributed by atoms with E-state index in [0.29, 0.717) is 19.5 Å². The molecule has 0 unspecified atom stereocenters. The molecule has 0 N–H and O–H groups in total. The first-order valence-corrected chi connectivity index (χ1v) is 13.3. The Morgan fingerprint density at radius 3 is 2.23 bits per heavy atom. The average Bonchev–Trinajstić information content (AvgIpc) is 2.78. The third-order valence-electron chi connectivity index (χ3n) is 6.90. The third kappa shape index (κ3) is 7.53. The summed E-state index contributed by atoms with van der Waals surface area (Å²) < 4.78 is 84.2. The molecule has 0 amide bonds. The second kappa shape index (κ2) is 12.2. The van der Waals surface area contributed by atoms with Crippen LogP contribution in [0, 0.1) is 0 Å². The van der Waals surface area contributed by atoms with E-state index in [1.54, 1.807) is 13.0 Å². The van der Waals surface area contributed by atoms with Gasteiger partial charge in [-0.3, -0.25) is 9.69 Å². The molecule has 2 fully saturated rings. The zero-order valence-corrected chi connectivity index (χ0v) is 21.4. The van der Waals surface area contributed by atoms with Crippen molar-refractivity contribution >= 4 is 28.2 Å². The lowest BCUT2D eigenvalue weighted by molar-refractivity contribution is -0.0891. The Balaban J connectivity index is 0.00000432. The molecule has 3 rings (SSSR count). The fraction of sp³-hybridized carbons (Fsp3) is 0.696. The topological polar surface area (TPSA) is 66.9 Å². The van der Waals surface area contributed by atoms with Gasteiger partial charge < -0.3 is 4.74 Å². The Labute approximate surface area is 210 Å². The van der Waals surface area contributed by atoms with Crippen molar-refractivity contribution in [2.75, 3.05) is 31.9 Å². The van der Waals surface area contributed by atoms with Crippen molar-refractivity contribution in [2.45, 2.75) is 69.9 Å². The zero-order valence-electron chi connectivity index (χ0n) is 19.7. The highest BCUT2D eigenvalue weighted by molar-refractivity contribution is 7.89. The van der Waals surface area contributed by atoms with Gasteiger partial charge in [-0.25, -0.2) is 17.2 Å². The molecule has 1 saturated heterocycles. The van der Waals surface area contributed by atoms with Crippen LogP contribution in [0.25, 0.3) is 0 Å². The number of rotatable bonds is 10. The van der Waals surface area contributed by atoms with Gasteiger partial charge in [0.15, 0.2) is 5.78 Å². The third-order valence-corrected chi connectivity index (χ3v) is 8.97. The standard InChI is InChI=1S/C23H32F4N2O4S.ClH/c1-2-17-34(31,32)29-15-13-28(14-16-29)22(9-11-23(26,27)12-10-22)8-7-19(30)18-5-3-4-6-20(18)33-21(24)25;/h3-6,21H,2,7-17H2,1H3;1H. The summed E-state index contributed by atoms with van der Waals surface area (Å²) >= 11 is 0. The van der Waals surface area contributed by atoms with Crippen molar-refractivity contribution in [3.63, 3.8) is 0 Å². The van der Waals surface area contributed by atoms with Crippen LogP contribution >= 0.6 is 12.4 Å². The van der Waals surface area contributed by atoms with Crippen LogP contribution in [0.2, 0.25) is 0 Å². The molecule has 2 aliphatic rings. The van der Waals surface area contributed by atoms with Crippen LogP contribution in [-0.4, -0.2) is 73.4 Å². The molecule has 0 bridgehead atoms. The molecule has 35 heavy (non-hydrogen) atoms. The molecule has 0 aromatic heterocycles. The normalized spacial score (nSPS) is 20.9. The number of carbonyl (C=O) groups excluding carboxylic acids is 1. The summed E-state index contributed by atoms with van der Waals surface area (Å²) in [5.74, 6) is -3.30. The largest absolute Gasteiger partial charge is 0.434 e. The fourth-order valence-corrected chi connectivity index (χ4v) is 6.50. The number of para-hydroxylation sites is 1. The summed E-state index contributed by atoms with van der Waals surface area (Å²) in [4.78, 5) is 15.0. The first-order chi connectivity index (χ1) is 16.0. The highest BCUT2D eigenvalue weighted by Gasteiger charge is 2.47. The molecule has 1 saturated carbocycles. The van der Waals surface area contributed by atoms with E-state index in [0.717, 1.165) is 0 Å². The second-order valence-electron chi connectivity index (χ2n) is 9.08. The Bertz CT molecular complexity index is 947. The number of sulfonamides is 1. The van der Waals surface area contributed by atoms with Gasteiger partial charge in [-0.1, -0.05) is 19.1 Å². The van der Waals surface area contributed by atoms with Gasteiger partial charge in [0.1, 0.15) is 5.75 Å². The van der Waals surface area contributed by atoms with Crippen LogP contribution in [0.15, 0.2) is 24.3 Å². The number of ketones is 1. The van der Waals surface area contributed by atoms with Crippen molar-refractivity contribution in [1.29, 1.82) is 0 Å². The van der Waals surface area contributed by atoms with E-state index >= 15 is 0 Å². The lowest BCUT2D eigenvalue weighted by Gasteiger charge is -2.51. The van der Waals surface area contributed by atoms with E-state index in [1.807, 2.05) is 0 Å². The summed E-state index contributed by atoms with van der Waals surface area (Å²) in [6, 6.07) is 5.76. The number of ether oxygens (including phenoxy) is 1. The Hall–Kier alpha value is -1.43. The number of hydrogen-bond acceptors (Lipinski definition) is 5. The molecule has 12 heteroatoms. The van der Waals surface area contributed by atoms with Gasteiger partial charge in [0.25, 0.3) is 0 Å². The molecular weight excluding hydrogens is 512 g/mol. The van der Waals surface area contributed by atoms with Crippen molar-refractivity contribution in [2.24, 2.45) is 0 Å². The van der Waals surface area contributed by atoms with Gasteiger partial charge in [-0.2, -0.15) is 13.1 Å². The monoisotopic (exact) mass is 544 g/mol. The summed E-state index contributed by atoms with van der Waals surface area (Å²) in [6.45, 7) is 0.0775. The van der Waals surface area contributed by atoms with Crippen molar-refractivity contribution in [3.05, 3.63) is 29.8 Å². The summed E-state index contributed by atoms with van der Waals surface area (Å²) in [5, 5.41) is 0.